The van der Waals surface area contributed by atoms with Crippen molar-refractivity contribution < 1.29 is 14.4 Å². The first-order valence-corrected chi connectivity index (χ1v) is 10.1. The maximum atomic E-state index is 12.6. The van der Waals surface area contributed by atoms with Gasteiger partial charge in [0.25, 0.3) is 5.91 Å². The van der Waals surface area contributed by atoms with Crippen LogP contribution in [0.1, 0.15) is 27.0 Å². The minimum Gasteiger partial charge on any atom is -0.348 e. The number of amides is 3. The van der Waals surface area contributed by atoms with Crippen molar-refractivity contribution in [3.63, 3.8) is 0 Å². The Morgan fingerprint density at radius 3 is 2.23 bits per heavy atom. The van der Waals surface area contributed by atoms with E-state index in [1.807, 2.05) is 61.5 Å². The fraction of sp³-hybridized carbons (Fsp3) is 0.160. The van der Waals surface area contributed by atoms with Crippen molar-refractivity contribution in [1.82, 2.24) is 10.6 Å². The first-order valence-electron chi connectivity index (χ1n) is 10.1. The minimum atomic E-state index is -0.813. The summed E-state index contributed by atoms with van der Waals surface area (Å²) in [7, 11) is 0. The average Bonchev–Trinajstić information content (AvgIpc) is 2.78. The number of anilines is 1. The van der Waals surface area contributed by atoms with E-state index < -0.39 is 11.8 Å². The molecule has 0 aliphatic rings. The molecule has 0 unspecified atom stereocenters. The zero-order valence-corrected chi connectivity index (χ0v) is 17.4. The number of aryl methyl sites for hydroxylation is 1. The lowest BCUT2D eigenvalue weighted by Crippen LogP contribution is -2.37. The quantitative estimate of drug-likeness (QED) is 0.518. The van der Waals surface area contributed by atoms with Crippen LogP contribution in [-0.2, 0) is 22.6 Å². The molecule has 6 nitrogen and oxygen atoms in total. The smallest absolute Gasteiger partial charge is 0.313 e. The van der Waals surface area contributed by atoms with Crippen LogP contribution < -0.4 is 16.0 Å². The SMILES string of the molecule is Cc1cccc(CNC(=O)c2ccccc2NC(=O)C(=O)NCCc2ccccc2)c1. The summed E-state index contributed by atoms with van der Waals surface area (Å²) in [6.07, 6.45) is 0.623. The zero-order chi connectivity index (χ0) is 22.1. The van der Waals surface area contributed by atoms with E-state index in [1.54, 1.807) is 24.3 Å². The van der Waals surface area contributed by atoms with E-state index in [9.17, 15) is 14.4 Å². The molecule has 3 amide bonds. The van der Waals surface area contributed by atoms with Gasteiger partial charge in [0, 0.05) is 13.1 Å². The summed E-state index contributed by atoms with van der Waals surface area (Å²) in [5, 5.41) is 7.98. The maximum Gasteiger partial charge on any atom is 0.313 e. The highest BCUT2D eigenvalue weighted by atomic mass is 16.2. The van der Waals surface area contributed by atoms with Gasteiger partial charge in [-0.05, 0) is 36.6 Å². The second kappa shape index (κ2) is 10.7. The molecule has 0 fully saturated rings. The lowest BCUT2D eigenvalue weighted by molar-refractivity contribution is -0.136. The predicted molar refractivity (Wildman–Crippen MR) is 121 cm³/mol. The number of nitrogens with one attached hydrogen (secondary N) is 3. The fourth-order valence-corrected chi connectivity index (χ4v) is 3.11. The summed E-state index contributed by atoms with van der Waals surface area (Å²) >= 11 is 0. The largest absolute Gasteiger partial charge is 0.348 e. The summed E-state index contributed by atoms with van der Waals surface area (Å²) in [4.78, 5) is 37.1. The van der Waals surface area contributed by atoms with Gasteiger partial charge in [0.2, 0.25) is 0 Å². The molecular weight excluding hydrogens is 390 g/mol. The lowest BCUT2D eigenvalue weighted by atomic mass is 10.1. The van der Waals surface area contributed by atoms with Gasteiger partial charge < -0.3 is 16.0 Å². The Kier molecular flexibility index (Phi) is 7.54. The van der Waals surface area contributed by atoms with Crippen molar-refractivity contribution in [1.29, 1.82) is 0 Å². The summed E-state index contributed by atoms with van der Waals surface area (Å²) in [5.41, 5.74) is 3.73. The van der Waals surface area contributed by atoms with Gasteiger partial charge in [0.05, 0.1) is 11.3 Å². The van der Waals surface area contributed by atoms with E-state index in [0.717, 1.165) is 16.7 Å². The highest BCUT2D eigenvalue weighted by Gasteiger charge is 2.17. The summed E-state index contributed by atoms with van der Waals surface area (Å²) in [6.45, 7) is 2.69. The number of hydrogen-bond donors (Lipinski definition) is 3. The Hall–Kier alpha value is -3.93. The predicted octanol–water partition coefficient (Wildman–Crippen LogP) is 3.22. The number of carbonyl (C=O) groups is 3. The van der Waals surface area contributed by atoms with Gasteiger partial charge in [-0.25, -0.2) is 0 Å². The van der Waals surface area contributed by atoms with E-state index >= 15 is 0 Å². The monoisotopic (exact) mass is 415 g/mol. The molecule has 0 saturated heterocycles. The molecule has 0 aromatic heterocycles. The van der Waals surface area contributed by atoms with Crippen LogP contribution >= 0.6 is 0 Å². The average molecular weight is 415 g/mol. The third-order valence-electron chi connectivity index (χ3n) is 4.70. The third-order valence-corrected chi connectivity index (χ3v) is 4.70. The second-order valence-electron chi connectivity index (χ2n) is 7.16. The Labute approximate surface area is 181 Å². The molecule has 6 heteroatoms. The Morgan fingerprint density at radius 1 is 0.742 bits per heavy atom. The van der Waals surface area contributed by atoms with Gasteiger partial charge in [0.15, 0.2) is 0 Å². The molecule has 0 saturated carbocycles. The van der Waals surface area contributed by atoms with Crippen molar-refractivity contribution >= 4 is 23.4 Å². The van der Waals surface area contributed by atoms with Crippen LogP contribution in [0.15, 0.2) is 78.9 Å². The third kappa shape index (κ3) is 6.54. The molecule has 0 spiro atoms. The van der Waals surface area contributed by atoms with E-state index in [-0.39, 0.29) is 11.6 Å². The van der Waals surface area contributed by atoms with Crippen LogP contribution in [0.4, 0.5) is 5.69 Å². The van der Waals surface area contributed by atoms with Gasteiger partial charge in [-0.2, -0.15) is 0 Å². The van der Waals surface area contributed by atoms with Crippen molar-refractivity contribution in [2.24, 2.45) is 0 Å². The van der Waals surface area contributed by atoms with E-state index in [2.05, 4.69) is 16.0 Å². The number of hydrogen-bond acceptors (Lipinski definition) is 3. The van der Waals surface area contributed by atoms with Crippen LogP contribution in [0.3, 0.4) is 0 Å². The van der Waals surface area contributed by atoms with Crippen LogP contribution in [0.25, 0.3) is 0 Å². The van der Waals surface area contributed by atoms with Gasteiger partial charge >= 0.3 is 11.8 Å². The molecule has 0 aliphatic heterocycles. The fourth-order valence-electron chi connectivity index (χ4n) is 3.11. The van der Waals surface area contributed by atoms with Crippen molar-refractivity contribution in [2.45, 2.75) is 19.9 Å². The van der Waals surface area contributed by atoms with Crippen LogP contribution in [0.5, 0.6) is 0 Å². The molecule has 31 heavy (non-hydrogen) atoms. The summed E-state index contributed by atoms with van der Waals surface area (Å²) < 4.78 is 0. The molecule has 0 bridgehead atoms. The molecule has 0 heterocycles. The van der Waals surface area contributed by atoms with E-state index in [4.69, 9.17) is 0 Å². The lowest BCUT2D eigenvalue weighted by Gasteiger charge is -2.12. The van der Waals surface area contributed by atoms with Gasteiger partial charge in [-0.3, -0.25) is 14.4 Å². The van der Waals surface area contributed by atoms with E-state index in [1.165, 1.54) is 0 Å². The van der Waals surface area contributed by atoms with Crippen molar-refractivity contribution in [3.8, 4) is 0 Å². The topological polar surface area (TPSA) is 87.3 Å². The maximum absolute atomic E-state index is 12.6. The van der Waals surface area contributed by atoms with E-state index in [0.29, 0.717) is 25.1 Å². The molecule has 0 aliphatic carbocycles. The summed E-state index contributed by atoms with van der Waals surface area (Å²) in [5.74, 6) is -1.89. The molecule has 0 atom stereocenters. The van der Waals surface area contributed by atoms with Crippen LogP contribution in [0.2, 0.25) is 0 Å². The molecule has 3 aromatic rings. The number of benzene rings is 3. The number of carbonyl (C=O) groups excluding carboxylic acids is 3. The number of rotatable bonds is 7. The van der Waals surface area contributed by atoms with Crippen LogP contribution in [-0.4, -0.2) is 24.3 Å². The molecule has 3 rings (SSSR count). The molecule has 158 valence electrons. The Bertz CT molecular complexity index is 1060. The Morgan fingerprint density at radius 2 is 1.45 bits per heavy atom. The van der Waals surface area contributed by atoms with Gasteiger partial charge in [0.1, 0.15) is 0 Å². The highest BCUT2D eigenvalue weighted by Crippen LogP contribution is 2.15. The van der Waals surface area contributed by atoms with Crippen LogP contribution in [0, 0.1) is 6.92 Å². The first kappa shape index (κ1) is 21.8. The number of para-hydroxylation sites is 1. The standard InChI is InChI=1S/C25H25N3O3/c1-18-8-7-11-20(16-18)17-27-23(29)21-12-5-6-13-22(21)28-25(31)24(30)26-15-14-19-9-3-2-4-10-19/h2-13,16H,14-15,17H2,1H3,(H,26,30)(H,27,29)(H,28,31). The van der Waals surface area contributed by atoms with Crippen molar-refractivity contribution in [2.75, 3.05) is 11.9 Å². The summed E-state index contributed by atoms with van der Waals surface area (Å²) in [6, 6.07) is 24.1. The van der Waals surface area contributed by atoms with Crippen molar-refractivity contribution in [3.05, 3.63) is 101 Å². The van der Waals surface area contributed by atoms with Gasteiger partial charge in [-0.1, -0.05) is 72.3 Å². The molecule has 3 N–H and O–H groups in total. The highest BCUT2D eigenvalue weighted by molar-refractivity contribution is 6.40. The molecule has 3 aromatic carbocycles. The second-order valence-corrected chi connectivity index (χ2v) is 7.16. The van der Waals surface area contributed by atoms with Gasteiger partial charge in [-0.15, -0.1) is 0 Å². The Balaban J connectivity index is 1.55. The molecular formula is C25H25N3O3. The minimum absolute atomic E-state index is 0.285. The molecule has 0 radical (unpaired) electrons. The normalized spacial score (nSPS) is 10.2. The zero-order valence-electron chi connectivity index (χ0n) is 17.4. The first-order chi connectivity index (χ1) is 15.0.